The Morgan fingerprint density at radius 3 is 2.76 bits per heavy atom. The molecule has 21 heavy (non-hydrogen) atoms. The maximum Gasteiger partial charge on any atom is 0.326 e. The molecule has 0 saturated carbocycles. The van der Waals surface area contributed by atoms with E-state index < -0.39 is 29.1 Å². The number of β-amino-alcohol motifs (C(OH)–C–C–N with tert-alkyl or cyclic N) is 1. The van der Waals surface area contributed by atoms with Gasteiger partial charge in [-0.1, -0.05) is 6.07 Å². The molecule has 9 heteroatoms. The number of carbonyl (C=O) groups is 2. The van der Waals surface area contributed by atoms with E-state index in [1.165, 1.54) is 24.3 Å². The molecule has 1 aromatic rings. The van der Waals surface area contributed by atoms with Crippen LogP contribution in [0.5, 0.6) is 0 Å². The van der Waals surface area contributed by atoms with Crippen molar-refractivity contribution >= 4 is 23.4 Å². The molecule has 1 heterocycles. The van der Waals surface area contributed by atoms with Gasteiger partial charge >= 0.3 is 12.0 Å². The number of anilines is 1. The number of urea groups is 1. The number of amides is 2. The molecule has 9 nitrogen and oxygen atoms in total. The molecule has 1 aromatic carbocycles. The Labute approximate surface area is 118 Å². The number of carbonyl (C=O) groups excluding carboxylic acids is 1. The van der Waals surface area contributed by atoms with Crippen LogP contribution < -0.4 is 5.32 Å². The smallest absolute Gasteiger partial charge is 0.326 e. The van der Waals surface area contributed by atoms with Gasteiger partial charge in [-0.3, -0.25) is 10.1 Å². The minimum atomic E-state index is -1.21. The van der Waals surface area contributed by atoms with Gasteiger partial charge in [0.15, 0.2) is 0 Å². The lowest BCUT2D eigenvalue weighted by molar-refractivity contribution is -0.384. The average molecular weight is 295 g/mol. The summed E-state index contributed by atoms with van der Waals surface area (Å²) in [7, 11) is 0. The lowest BCUT2D eigenvalue weighted by Gasteiger charge is -2.21. The Bertz CT molecular complexity index is 590. The van der Waals surface area contributed by atoms with Crippen LogP contribution in [0.15, 0.2) is 24.3 Å². The van der Waals surface area contributed by atoms with Crippen molar-refractivity contribution in [3.8, 4) is 0 Å². The predicted molar refractivity (Wildman–Crippen MR) is 70.9 cm³/mol. The van der Waals surface area contributed by atoms with Gasteiger partial charge < -0.3 is 20.4 Å². The number of nitro groups is 1. The summed E-state index contributed by atoms with van der Waals surface area (Å²) >= 11 is 0. The van der Waals surface area contributed by atoms with Crippen LogP contribution in [0, 0.1) is 10.1 Å². The van der Waals surface area contributed by atoms with Gasteiger partial charge in [0.1, 0.15) is 6.04 Å². The first-order valence-corrected chi connectivity index (χ1v) is 6.11. The van der Waals surface area contributed by atoms with E-state index >= 15 is 0 Å². The van der Waals surface area contributed by atoms with E-state index in [1.807, 2.05) is 0 Å². The first-order chi connectivity index (χ1) is 9.88. The number of aliphatic hydroxyl groups excluding tert-OH is 1. The summed E-state index contributed by atoms with van der Waals surface area (Å²) in [6.45, 7) is -0.0995. The molecule has 0 unspecified atom stereocenters. The zero-order valence-electron chi connectivity index (χ0n) is 10.8. The van der Waals surface area contributed by atoms with Gasteiger partial charge in [-0.25, -0.2) is 9.59 Å². The normalized spacial score (nSPS) is 21.1. The third kappa shape index (κ3) is 3.26. The molecule has 1 aliphatic heterocycles. The minimum Gasteiger partial charge on any atom is -0.480 e. The van der Waals surface area contributed by atoms with Crippen LogP contribution in [0.1, 0.15) is 6.42 Å². The molecule has 0 aliphatic carbocycles. The van der Waals surface area contributed by atoms with Crippen LogP contribution >= 0.6 is 0 Å². The molecule has 112 valence electrons. The number of nitrogens with zero attached hydrogens (tertiary/aromatic N) is 2. The molecule has 0 spiro atoms. The van der Waals surface area contributed by atoms with Crippen molar-refractivity contribution < 1.29 is 24.7 Å². The van der Waals surface area contributed by atoms with Gasteiger partial charge in [-0.15, -0.1) is 0 Å². The van der Waals surface area contributed by atoms with Crippen LogP contribution in [0.4, 0.5) is 16.2 Å². The van der Waals surface area contributed by atoms with Crippen molar-refractivity contribution in [2.75, 3.05) is 11.9 Å². The van der Waals surface area contributed by atoms with Crippen molar-refractivity contribution in [3.05, 3.63) is 34.4 Å². The highest BCUT2D eigenvalue weighted by Gasteiger charge is 2.39. The Morgan fingerprint density at radius 1 is 1.43 bits per heavy atom. The van der Waals surface area contributed by atoms with Crippen LogP contribution in [0.2, 0.25) is 0 Å². The van der Waals surface area contributed by atoms with Crippen molar-refractivity contribution in [1.82, 2.24) is 4.90 Å². The topological polar surface area (TPSA) is 133 Å². The number of nitro benzene ring substituents is 1. The van der Waals surface area contributed by atoms with E-state index in [1.54, 1.807) is 0 Å². The zero-order chi connectivity index (χ0) is 15.6. The number of benzene rings is 1. The number of carboxylic acids is 1. The Hall–Kier alpha value is -2.68. The molecule has 1 fully saturated rings. The lowest BCUT2D eigenvalue weighted by atomic mass is 10.2. The predicted octanol–water partition coefficient (Wildman–Crippen LogP) is 0.646. The fourth-order valence-corrected chi connectivity index (χ4v) is 2.16. The number of carboxylic acid groups (broad SMARTS) is 1. The summed E-state index contributed by atoms with van der Waals surface area (Å²) in [5.74, 6) is -1.21. The molecule has 0 bridgehead atoms. The van der Waals surface area contributed by atoms with Crippen molar-refractivity contribution in [1.29, 1.82) is 0 Å². The Balaban J connectivity index is 2.12. The number of hydrogen-bond acceptors (Lipinski definition) is 5. The SMILES string of the molecule is O=C(O)[C@H]1C[C@@H](O)CN1C(=O)Nc1cccc([N+](=O)[O-])c1. The van der Waals surface area contributed by atoms with Crippen LogP contribution in [0.3, 0.4) is 0 Å². The third-order valence-electron chi connectivity index (χ3n) is 3.13. The number of nitrogens with one attached hydrogen (secondary N) is 1. The second kappa shape index (κ2) is 5.75. The minimum absolute atomic E-state index is 0.0440. The second-order valence-corrected chi connectivity index (χ2v) is 4.63. The highest BCUT2D eigenvalue weighted by Crippen LogP contribution is 2.21. The quantitative estimate of drug-likeness (QED) is 0.553. The van der Waals surface area contributed by atoms with E-state index in [2.05, 4.69) is 5.32 Å². The largest absolute Gasteiger partial charge is 0.480 e. The van der Waals surface area contributed by atoms with Gasteiger partial charge in [0.25, 0.3) is 5.69 Å². The van der Waals surface area contributed by atoms with E-state index in [0.29, 0.717) is 0 Å². The van der Waals surface area contributed by atoms with Crippen molar-refractivity contribution in [2.24, 2.45) is 0 Å². The number of hydrogen-bond donors (Lipinski definition) is 3. The van der Waals surface area contributed by atoms with E-state index in [4.69, 9.17) is 5.11 Å². The molecule has 2 rings (SSSR count). The first kappa shape index (κ1) is 14.7. The first-order valence-electron chi connectivity index (χ1n) is 6.11. The van der Waals surface area contributed by atoms with Crippen LogP contribution in [-0.2, 0) is 4.79 Å². The number of non-ortho nitro benzene ring substituents is 1. The third-order valence-corrected chi connectivity index (χ3v) is 3.13. The van der Waals surface area contributed by atoms with Gasteiger partial charge in [-0.05, 0) is 6.07 Å². The molecule has 2 atom stereocenters. The van der Waals surface area contributed by atoms with Crippen molar-refractivity contribution in [2.45, 2.75) is 18.6 Å². The molecular formula is C12H13N3O6. The molecule has 0 aromatic heterocycles. The molecule has 1 aliphatic rings. The summed E-state index contributed by atoms with van der Waals surface area (Å²) in [5.41, 5.74) is -0.0104. The van der Waals surface area contributed by atoms with Gasteiger partial charge in [0.05, 0.1) is 11.0 Å². The van der Waals surface area contributed by atoms with Crippen molar-refractivity contribution in [3.63, 3.8) is 0 Å². The van der Waals surface area contributed by atoms with Gasteiger partial charge in [0, 0.05) is 30.8 Å². The average Bonchev–Trinajstić information content (AvgIpc) is 2.81. The van der Waals surface area contributed by atoms with E-state index in [-0.39, 0.29) is 24.3 Å². The maximum atomic E-state index is 12.0. The maximum absolute atomic E-state index is 12.0. The molecule has 3 N–H and O–H groups in total. The number of likely N-dealkylation sites (tertiary alicyclic amines) is 1. The number of aliphatic hydroxyl groups is 1. The highest BCUT2D eigenvalue weighted by atomic mass is 16.6. The second-order valence-electron chi connectivity index (χ2n) is 4.63. The fourth-order valence-electron chi connectivity index (χ4n) is 2.16. The van der Waals surface area contributed by atoms with Gasteiger partial charge in [0.2, 0.25) is 0 Å². The standard InChI is InChI=1S/C12H13N3O6/c16-9-5-10(11(17)18)14(6-9)12(19)13-7-2-1-3-8(4-7)15(20)21/h1-4,9-10,16H,5-6H2,(H,13,19)(H,17,18)/t9-,10-/m1/s1. The molecular weight excluding hydrogens is 282 g/mol. The Kier molecular flexibility index (Phi) is 4.03. The summed E-state index contributed by atoms with van der Waals surface area (Å²) in [6, 6.07) is 3.46. The highest BCUT2D eigenvalue weighted by molar-refractivity contribution is 5.93. The summed E-state index contributed by atoms with van der Waals surface area (Å²) in [6.07, 6.45) is -0.945. The van der Waals surface area contributed by atoms with Gasteiger partial charge in [-0.2, -0.15) is 0 Å². The lowest BCUT2D eigenvalue weighted by Crippen LogP contribution is -2.43. The van der Waals surface area contributed by atoms with Crippen LogP contribution in [0.25, 0.3) is 0 Å². The molecule has 1 saturated heterocycles. The Morgan fingerprint density at radius 2 is 2.14 bits per heavy atom. The monoisotopic (exact) mass is 295 g/mol. The number of aliphatic carboxylic acids is 1. The number of rotatable bonds is 3. The zero-order valence-corrected chi connectivity index (χ0v) is 10.8. The van der Waals surface area contributed by atoms with E-state index in [9.17, 15) is 24.8 Å². The molecule has 2 amide bonds. The fraction of sp³-hybridized carbons (Fsp3) is 0.333. The summed E-state index contributed by atoms with van der Waals surface area (Å²) in [5, 5.41) is 31.5. The van der Waals surface area contributed by atoms with Crippen LogP contribution in [-0.4, -0.2) is 50.7 Å². The summed E-state index contributed by atoms with van der Waals surface area (Å²) in [4.78, 5) is 34.1. The molecule has 0 radical (unpaired) electrons. The summed E-state index contributed by atoms with van der Waals surface area (Å²) < 4.78 is 0. The van der Waals surface area contributed by atoms with E-state index in [0.717, 1.165) is 4.90 Å².